The van der Waals surface area contributed by atoms with Crippen molar-refractivity contribution in [3.63, 3.8) is 0 Å². The number of carbonyl (C=O) groups excluding carboxylic acids is 3. The topological polar surface area (TPSA) is 84.3 Å². The lowest BCUT2D eigenvalue weighted by atomic mass is 9.66. The van der Waals surface area contributed by atoms with Crippen LogP contribution in [0.2, 0.25) is 0 Å². The monoisotopic (exact) mass is 276 g/mol. The molecule has 1 N–H and O–H groups in total. The van der Waals surface area contributed by atoms with Gasteiger partial charge >= 0.3 is 6.03 Å². The zero-order valence-electron chi connectivity index (χ0n) is 11.5. The van der Waals surface area contributed by atoms with Gasteiger partial charge in [0.05, 0.1) is 12.7 Å². The highest BCUT2D eigenvalue weighted by molar-refractivity contribution is 6.19. The van der Waals surface area contributed by atoms with Crippen LogP contribution in [0.1, 0.15) is 30.5 Å². The highest BCUT2D eigenvalue weighted by Crippen LogP contribution is 2.44. The summed E-state index contributed by atoms with van der Waals surface area (Å²) in [6.45, 7) is 2.03. The number of aromatic nitrogens is 2. The molecule has 0 unspecified atom stereocenters. The maximum atomic E-state index is 12.5. The molecule has 1 aliphatic carbocycles. The van der Waals surface area contributed by atoms with Crippen LogP contribution in [0.15, 0.2) is 6.20 Å². The molecule has 1 aliphatic heterocycles. The van der Waals surface area contributed by atoms with E-state index < -0.39 is 17.4 Å². The summed E-state index contributed by atoms with van der Waals surface area (Å²) in [5.41, 5.74) is 0.689. The number of amides is 4. The molecule has 4 amide bonds. The number of hydrogen-bond donors (Lipinski definition) is 1. The van der Waals surface area contributed by atoms with E-state index in [1.165, 1.54) is 0 Å². The minimum atomic E-state index is -1.01. The summed E-state index contributed by atoms with van der Waals surface area (Å²) in [5, 5.41) is 6.40. The number of rotatable bonds is 2. The lowest BCUT2D eigenvalue weighted by Gasteiger charge is -2.44. The number of aryl methyl sites for hydroxylation is 1. The quantitative estimate of drug-likeness (QED) is 0.796. The highest BCUT2D eigenvalue weighted by atomic mass is 16.2. The fourth-order valence-corrected chi connectivity index (χ4v) is 2.72. The van der Waals surface area contributed by atoms with Crippen molar-refractivity contribution >= 4 is 17.8 Å². The fraction of sp³-hybridized carbons (Fsp3) is 0.538. The minimum Gasteiger partial charge on any atom is -0.277 e. The molecule has 1 aromatic heterocycles. The van der Waals surface area contributed by atoms with Crippen LogP contribution in [0.25, 0.3) is 0 Å². The maximum Gasteiger partial charge on any atom is 0.331 e. The molecule has 1 saturated heterocycles. The van der Waals surface area contributed by atoms with Gasteiger partial charge in [0.1, 0.15) is 5.41 Å². The molecule has 2 fully saturated rings. The van der Waals surface area contributed by atoms with Crippen LogP contribution in [0.4, 0.5) is 4.79 Å². The van der Waals surface area contributed by atoms with E-state index in [2.05, 4.69) is 10.4 Å². The van der Waals surface area contributed by atoms with Crippen molar-refractivity contribution in [1.82, 2.24) is 20.0 Å². The van der Waals surface area contributed by atoms with E-state index >= 15 is 0 Å². The number of hydrogen-bond acceptors (Lipinski definition) is 4. The first-order chi connectivity index (χ1) is 9.45. The Bertz CT molecular complexity index is 615. The summed E-state index contributed by atoms with van der Waals surface area (Å²) in [5.74, 6) is -0.821. The molecule has 2 heterocycles. The number of barbiturate groups is 1. The Morgan fingerprint density at radius 3 is 2.55 bits per heavy atom. The average Bonchev–Trinajstić information content (AvgIpc) is 2.64. The highest BCUT2D eigenvalue weighted by Gasteiger charge is 2.57. The molecule has 1 aromatic rings. The van der Waals surface area contributed by atoms with E-state index in [0.717, 1.165) is 22.6 Å². The lowest BCUT2D eigenvalue weighted by molar-refractivity contribution is -0.158. The van der Waals surface area contributed by atoms with E-state index in [1.807, 2.05) is 6.92 Å². The van der Waals surface area contributed by atoms with Crippen LogP contribution in [0.3, 0.4) is 0 Å². The molecule has 7 heteroatoms. The zero-order valence-corrected chi connectivity index (χ0v) is 11.5. The normalized spacial score (nSPS) is 21.1. The van der Waals surface area contributed by atoms with Gasteiger partial charge in [0.2, 0.25) is 11.8 Å². The number of carbonyl (C=O) groups is 3. The van der Waals surface area contributed by atoms with Gasteiger partial charge in [-0.15, -0.1) is 0 Å². The molecule has 3 rings (SSSR count). The van der Waals surface area contributed by atoms with E-state index in [-0.39, 0.29) is 12.5 Å². The Kier molecular flexibility index (Phi) is 2.67. The summed E-state index contributed by atoms with van der Waals surface area (Å²) in [6.07, 6.45) is 3.52. The smallest absolute Gasteiger partial charge is 0.277 e. The molecular formula is C13H16N4O3. The number of imide groups is 2. The summed E-state index contributed by atoms with van der Waals surface area (Å²) in [7, 11) is 1.80. The molecular weight excluding hydrogens is 260 g/mol. The molecule has 0 aromatic carbocycles. The van der Waals surface area contributed by atoms with Gasteiger partial charge in [-0.3, -0.25) is 24.5 Å². The standard InChI is InChI=1S/C13H16N4O3/c1-8-9(6-14-16(8)2)7-17-11(19)13(4-3-5-13)10(18)15-12(17)20/h6H,3-5,7H2,1-2H3,(H,15,18,20). The molecule has 20 heavy (non-hydrogen) atoms. The third kappa shape index (κ3) is 1.59. The van der Waals surface area contributed by atoms with Gasteiger partial charge in [-0.1, -0.05) is 6.42 Å². The van der Waals surface area contributed by atoms with Crippen molar-refractivity contribution in [2.24, 2.45) is 12.5 Å². The van der Waals surface area contributed by atoms with E-state index in [1.54, 1.807) is 17.9 Å². The SMILES string of the molecule is Cc1c(CN2C(=O)NC(=O)C3(CCC3)C2=O)cnn1C. The van der Waals surface area contributed by atoms with Gasteiger partial charge in [0.15, 0.2) is 0 Å². The van der Waals surface area contributed by atoms with Crippen molar-refractivity contribution in [3.05, 3.63) is 17.5 Å². The third-order valence-corrected chi connectivity index (χ3v) is 4.43. The van der Waals surface area contributed by atoms with E-state index in [0.29, 0.717) is 12.8 Å². The van der Waals surface area contributed by atoms with E-state index in [4.69, 9.17) is 0 Å². The molecule has 1 saturated carbocycles. The van der Waals surface area contributed by atoms with Gasteiger partial charge in [-0.05, 0) is 19.8 Å². The number of urea groups is 1. The Morgan fingerprint density at radius 2 is 2.05 bits per heavy atom. The molecule has 0 bridgehead atoms. The van der Waals surface area contributed by atoms with Crippen LogP contribution < -0.4 is 5.32 Å². The van der Waals surface area contributed by atoms with Gasteiger partial charge < -0.3 is 0 Å². The van der Waals surface area contributed by atoms with Crippen LogP contribution in [0.5, 0.6) is 0 Å². The fourth-order valence-electron chi connectivity index (χ4n) is 2.72. The van der Waals surface area contributed by atoms with Gasteiger partial charge in [0.25, 0.3) is 0 Å². The second-order valence-corrected chi connectivity index (χ2v) is 5.47. The zero-order chi connectivity index (χ0) is 14.5. The Hall–Kier alpha value is -2.18. The summed E-state index contributed by atoms with van der Waals surface area (Å²) in [6, 6.07) is -0.638. The lowest BCUT2D eigenvalue weighted by Crippen LogP contribution is -2.65. The second kappa shape index (κ2) is 4.16. The van der Waals surface area contributed by atoms with Crippen molar-refractivity contribution in [1.29, 1.82) is 0 Å². The predicted molar refractivity (Wildman–Crippen MR) is 68.3 cm³/mol. The number of nitrogens with zero attached hydrogens (tertiary/aromatic N) is 3. The summed E-state index contributed by atoms with van der Waals surface area (Å²) < 4.78 is 1.69. The maximum absolute atomic E-state index is 12.5. The van der Waals surface area contributed by atoms with Gasteiger partial charge in [-0.2, -0.15) is 5.10 Å². The molecule has 2 aliphatic rings. The minimum absolute atomic E-state index is 0.152. The Labute approximate surface area is 115 Å². The van der Waals surface area contributed by atoms with Crippen LogP contribution >= 0.6 is 0 Å². The average molecular weight is 276 g/mol. The first kappa shape index (κ1) is 12.8. The molecule has 7 nitrogen and oxygen atoms in total. The van der Waals surface area contributed by atoms with Crippen LogP contribution in [-0.4, -0.2) is 32.5 Å². The van der Waals surface area contributed by atoms with Crippen molar-refractivity contribution in [2.45, 2.75) is 32.7 Å². The number of nitrogens with one attached hydrogen (secondary N) is 1. The second-order valence-electron chi connectivity index (χ2n) is 5.47. The molecule has 1 spiro atoms. The Balaban J connectivity index is 1.88. The van der Waals surface area contributed by atoms with Gasteiger partial charge in [0, 0.05) is 18.3 Å². The molecule has 0 radical (unpaired) electrons. The summed E-state index contributed by atoms with van der Waals surface area (Å²) in [4.78, 5) is 37.4. The Morgan fingerprint density at radius 1 is 1.35 bits per heavy atom. The van der Waals surface area contributed by atoms with Crippen molar-refractivity contribution < 1.29 is 14.4 Å². The first-order valence-electron chi connectivity index (χ1n) is 6.60. The predicted octanol–water partition coefficient (Wildman–Crippen LogP) is 0.477. The first-order valence-corrected chi connectivity index (χ1v) is 6.60. The van der Waals surface area contributed by atoms with Crippen LogP contribution in [0, 0.1) is 12.3 Å². The molecule has 106 valence electrons. The molecule has 0 atom stereocenters. The van der Waals surface area contributed by atoms with Crippen LogP contribution in [-0.2, 0) is 23.2 Å². The largest absolute Gasteiger partial charge is 0.331 e. The van der Waals surface area contributed by atoms with Gasteiger partial charge in [-0.25, -0.2) is 4.79 Å². The van der Waals surface area contributed by atoms with E-state index in [9.17, 15) is 14.4 Å². The summed E-state index contributed by atoms with van der Waals surface area (Å²) >= 11 is 0. The third-order valence-electron chi connectivity index (χ3n) is 4.43. The van der Waals surface area contributed by atoms with Crippen molar-refractivity contribution in [3.8, 4) is 0 Å². The van der Waals surface area contributed by atoms with Crippen molar-refractivity contribution in [2.75, 3.05) is 0 Å².